The smallest absolute Gasteiger partial charge is 0.164 e. The molecule has 33 heavy (non-hydrogen) atoms. The van der Waals surface area contributed by atoms with Crippen molar-refractivity contribution < 1.29 is 9.47 Å². The molecule has 2 heterocycles. The summed E-state index contributed by atoms with van der Waals surface area (Å²) in [5.74, 6) is 1.92. The van der Waals surface area contributed by atoms with Gasteiger partial charge in [-0.15, -0.1) is 0 Å². The van der Waals surface area contributed by atoms with Gasteiger partial charge in [0.15, 0.2) is 11.5 Å². The van der Waals surface area contributed by atoms with Gasteiger partial charge in [0.1, 0.15) is 12.0 Å². The summed E-state index contributed by atoms with van der Waals surface area (Å²) in [6.45, 7) is 4.14. The van der Waals surface area contributed by atoms with E-state index in [0.717, 1.165) is 40.0 Å². The van der Waals surface area contributed by atoms with Gasteiger partial charge in [0, 0.05) is 40.0 Å². The maximum atomic E-state index is 6.46. The Kier molecular flexibility index (Phi) is 5.21. The topological polar surface area (TPSA) is 75.9 Å². The number of aromatic nitrogens is 1. The van der Waals surface area contributed by atoms with Gasteiger partial charge in [0.25, 0.3) is 0 Å². The molecule has 3 N–H and O–H groups in total. The Morgan fingerprint density at radius 2 is 1.88 bits per heavy atom. The molecule has 1 aliphatic heterocycles. The molecular weight excluding hydrogens is 412 g/mol. The highest BCUT2D eigenvalue weighted by atomic mass is 16.5. The van der Waals surface area contributed by atoms with Crippen molar-refractivity contribution in [3.63, 3.8) is 0 Å². The molecule has 1 aromatic heterocycles. The standard InChI is InChI=1S/C27H28N4O2/c1-5-19-25-23(15-24(32-3)26(19)33-4)31(16(2)30-27(25)28)18-9-6-8-17(14-18)20-10-7-11-22-21(20)12-13-29-22/h6-16,29H,5H2,1-4H3,(H2,28,30). The van der Waals surface area contributed by atoms with E-state index in [0.29, 0.717) is 17.3 Å². The molecule has 4 aromatic rings. The molecule has 0 aliphatic carbocycles. The summed E-state index contributed by atoms with van der Waals surface area (Å²) in [4.78, 5) is 10.3. The first-order valence-corrected chi connectivity index (χ1v) is 11.1. The predicted octanol–water partition coefficient (Wildman–Crippen LogP) is 5.62. The van der Waals surface area contributed by atoms with Crippen LogP contribution in [0.5, 0.6) is 11.5 Å². The highest BCUT2D eigenvalue weighted by Gasteiger charge is 2.31. The van der Waals surface area contributed by atoms with E-state index < -0.39 is 0 Å². The van der Waals surface area contributed by atoms with Gasteiger partial charge >= 0.3 is 0 Å². The van der Waals surface area contributed by atoms with E-state index in [1.807, 2.05) is 12.3 Å². The first kappa shape index (κ1) is 20.9. The summed E-state index contributed by atoms with van der Waals surface area (Å²) in [6.07, 6.45) is 2.56. The maximum Gasteiger partial charge on any atom is 0.164 e. The third-order valence-corrected chi connectivity index (χ3v) is 6.35. The lowest BCUT2D eigenvalue weighted by Gasteiger charge is -2.36. The van der Waals surface area contributed by atoms with Crippen molar-refractivity contribution in [1.29, 1.82) is 0 Å². The van der Waals surface area contributed by atoms with E-state index in [9.17, 15) is 0 Å². The number of H-pyrrole nitrogens is 1. The van der Waals surface area contributed by atoms with Crippen molar-refractivity contribution in [2.24, 2.45) is 10.7 Å². The van der Waals surface area contributed by atoms with Crippen molar-refractivity contribution in [1.82, 2.24) is 4.98 Å². The van der Waals surface area contributed by atoms with Crippen LogP contribution >= 0.6 is 0 Å². The fourth-order valence-corrected chi connectivity index (χ4v) is 4.91. The average molecular weight is 441 g/mol. The van der Waals surface area contributed by atoms with Crippen LogP contribution in [0.3, 0.4) is 0 Å². The van der Waals surface area contributed by atoms with E-state index in [1.54, 1.807) is 14.2 Å². The van der Waals surface area contributed by atoms with Crippen LogP contribution in [0.2, 0.25) is 0 Å². The van der Waals surface area contributed by atoms with Crippen LogP contribution < -0.4 is 20.1 Å². The van der Waals surface area contributed by atoms with Crippen molar-refractivity contribution in [3.8, 4) is 22.6 Å². The van der Waals surface area contributed by atoms with E-state index >= 15 is 0 Å². The quantitative estimate of drug-likeness (QED) is 0.422. The number of nitrogens with zero attached hydrogens (tertiary/aromatic N) is 2. The highest BCUT2D eigenvalue weighted by molar-refractivity contribution is 6.07. The Hall–Kier alpha value is -3.93. The van der Waals surface area contributed by atoms with Crippen molar-refractivity contribution >= 4 is 28.1 Å². The Morgan fingerprint density at radius 1 is 1.06 bits per heavy atom. The Balaban J connectivity index is 1.70. The molecule has 0 saturated heterocycles. The van der Waals surface area contributed by atoms with Crippen molar-refractivity contribution in [2.75, 3.05) is 19.1 Å². The molecule has 1 aliphatic rings. The molecule has 1 atom stereocenters. The maximum absolute atomic E-state index is 6.46. The number of aliphatic imine (C=N–C) groups is 1. The van der Waals surface area contributed by atoms with Gasteiger partial charge in [0.05, 0.1) is 19.9 Å². The van der Waals surface area contributed by atoms with E-state index in [1.165, 1.54) is 10.9 Å². The Bertz CT molecular complexity index is 1370. The first-order valence-electron chi connectivity index (χ1n) is 11.1. The van der Waals surface area contributed by atoms with E-state index in [4.69, 9.17) is 20.2 Å². The molecule has 0 saturated carbocycles. The number of aromatic amines is 1. The van der Waals surface area contributed by atoms with Crippen LogP contribution in [0.4, 0.5) is 11.4 Å². The molecule has 168 valence electrons. The number of hydrogen-bond acceptors (Lipinski definition) is 5. The minimum Gasteiger partial charge on any atom is -0.493 e. The summed E-state index contributed by atoms with van der Waals surface area (Å²) < 4.78 is 11.4. The van der Waals surface area contributed by atoms with Crippen LogP contribution in [-0.2, 0) is 6.42 Å². The average Bonchev–Trinajstić information content (AvgIpc) is 3.32. The number of amidine groups is 1. The predicted molar refractivity (Wildman–Crippen MR) is 135 cm³/mol. The van der Waals surface area contributed by atoms with Crippen molar-refractivity contribution in [2.45, 2.75) is 26.4 Å². The molecule has 5 rings (SSSR count). The van der Waals surface area contributed by atoms with Crippen molar-refractivity contribution in [3.05, 3.63) is 71.9 Å². The number of methoxy groups -OCH3 is 2. The number of nitrogens with one attached hydrogen (secondary N) is 1. The second-order valence-corrected chi connectivity index (χ2v) is 8.15. The number of anilines is 2. The number of benzene rings is 3. The summed E-state index contributed by atoms with van der Waals surface area (Å²) in [5.41, 5.74) is 13.8. The lowest BCUT2D eigenvalue weighted by Crippen LogP contribution is -2.36. The molecule has 6 heteroatoms. The number of fused-ring (bicyclic) bond motifs is 2. The SMILES string of the molecule is CCc1c(OC)c(OC)cc2c1C(N)=NC(C)N2c1cccc(-c2cccc3[nH]ccc23)c1. The van der Waals surface area contributed by atoms with Gasteiger partial charge in [-0.25, -0.2) is 4.99 Å². The third kappa shape index (κ3) is 3.30. The van der Waals surface area contributed by atoms with E-state index in [-0.39, 0.29) is 6.17 Å². The largest absolute Gasteiger partial charge is 0.493 e. The number of hydrogen-bond donors (Lipinski definition) is 2. The summed E-state index contributed by atoms with van der Waals surface area (Å²) in [6, 6.07) is 19.0. The molecule has 0 amide bonds. The molecular formula is C27H28N4O2. The minimum absolute atomic E-state index is 0.168. The fourth-order valence-electron chi connectivity index (χ4n) is 4.91. The normalized spacial score (nSPS) is 15.3. The van der Waals surface area contributed by atoms with Gasteiger partial charge in [-0.3, -0.25) is 0 Å². The highest BCUT2D eigenvalue weighted by Crippen LogP contribution is 2.45. The lowest BCUT2D eigenvalue weighted by atomic mass is 9.96. The van der Waals surface area contributed by atoms with Crippen LogP contribution in [0, 0.1) is 0 Å². The van der Waals surface area contributed by atoms with Gasteiger partial charge in [0.2, 0.25) is 0 Å². The molecule has 3 aromatic carbocycles. The second-order valence-electron chi connectivity index (χ2n) is 8.15. The number of ether oxygens (including phenoxy) is 2. The summed E-state index contributed by atoms with van der Waals surface area (Å²) in [5, 5.41) is 1.20. The first-order chi connectivity index (χ1) is 16.1. The van der Waals surface area contributed by atoms with Crippen LogP contribution in [0.15, 0.2) is 65.8 Å². The van der Waals surface area contributed by atoms with Gasteiger partial charge in [-0.1, -0.05) is 31.2 Å². The Labute approximate surface area is 193 Å². The number of rotatable bonds is 5. The fraction of sp³-hybridized carbons (Fsp3) is 0.222. The van der Waals surface area contributed by atoms with Crippen LogP contribution in [-0.4, -0.2) is 31.2 Å². The minimum atomic E-state index is -0.168. The Morgan fingerprint density at radius 3 is 2.64 bits per heavy atom. The van der Waals surface area contributed by atoms with Crippen LogP contribution in [0.1, 0.15) is 25.0 Å². The molecule has 0 radical (unpaired) electrons. The zero-order valence-electron chi connectivity index (χ0n) is 19.3. The second kappa shape index (κ2) is 8.20. The molecule has 0 fully saturated rings. The van der Waals surface area contributed by atoms with Gasteiger partial charge in [-0.2, -0.15) is 0 Å². The zero-order valence-corrected chi connectivity index (χ0v) is 19.3. The van der Waals surface area contributed by atoms with E-state index in [2.05, 4.69) is 72.3 Å². The zero-order chi connectivity index (χ0) is 23.1. The molecule has 6 nitrogen and oxygen atoms in total. The summed E-state index contributed by atoms with van der Waals surface area (Å²) in [7, 11) is 3.32. The summed E-state index contributed by atoms with van der Waals surface area (Å²) >= 11 is 0. The van der Waals surface area contributed by atoms with Gasteiger partial charge in [-0.05, 0) is 48.7 Å². The third-order valence-electron chi connectivity index (χ3n) is 6.35. The lowest BCUT2D eigenvalue weighted by molar-refractivity contribution is 0.352. The molecule has 0 spiro atoms. The monoisotopic (exact) mass is 440 g/mol. The molecule has 0 bridgehead atoms. The van der Waals surface area contributed by atoms with Gasteiger partial charge < -0.3 is 25.1 Å². The number of nitrogens with two attached hydrogens (primary N) is 1. The molecule has 1 unspecified atom stereocenters. The van der Waals surface area contributed by atoms with Crippen LogP contribution in [0.25, 0.3) is 22.0 Å².